The summed E-state index contributed by atoms with van der Waals surface area (Å²) < 4.78 is 11.7. The van der Waals surface area contributed by atoms with E-state index in [4.69, 9.17) is 9.47 Å². The Kier molecular flexibility index (Phi) is 9.05. The van der Waals surface area contributed by atoms with Gasteiger partial charge in [0.2, 0.25) is 5.91 Å². The van der Waals surface area contributed by atoms with Gasteiger partial charge in [0.25, 0.3) is 0 Å². The van der Waals surface area contributed by atoms with Crippen molar-refractivity contribution >= 4 is 49.9 Å². The van der Waals surface area contributed by atoms with Crippen molar-refractivity contribution in [3.05, 3.63) is 44.2 Å². The maximum Gasteiger partial charge on any atom is 0.341 e. The molecule has 0 radical (unpaired) electrons. The zero-order valence-corrected chi connectivity index (χ0v) is 20.0. The number of aryl methyl sites for hydroxylation is 1. The molecule has 2 aromatic rings. The number of amides is 1. The van der Waals surface area contributed by atoms with Crippen molar-refractivity contribution in [3.8, 4) is 5.75 Å². The highest BCUT2D eigenvalue weighted by molar-refractivity contribution is 9.10. The van der Waals surface area contributed by atoms with Gasteiger partial charge in [-0.2, -0.15) is 0 Å². The Labute approximate surface area is 189 Å². The molecule has 1 aromatic carbocycles. The van der Waals surface area contributed by atoms with Gasteiger partial charge < -0.3 is 14.8 Å². The maximum atomic E-state index is 12.4. The SMILES string of the molecule is CCOC(=O)c1c(NC(=O)CCCOc2ccc(CC)cc2Br)sc(C(C)=O)c1C. The van der Waals surface area contributed by atoms with E-state index < -0.39 is 5.97 Å². The molecular weight excluding hydrogens is 470 g/mol. The molecule has 2 rings (SSSR count). The molecule has 0 saturated carbocycles. The molecule has 162 valence electrons. The fourth-order valence-electron chi connectivity index (χ4n) is 2.87. The molecule has 0 aliphatic heterocycles. The largest absolute Gasteiger partial charge is 0.492 e. The van der Waals surface area contributed by atoms with Crippen molar-refractivity contribution < 1.29 is 23.9 Å². The summed E-state index contributed by atoms with van der Waals surface area (Å²) in [5.74, 6) is -0.215. The van der Waals surface area contributed by atoms with Gasteiger partial charge in [-0.3, -0.25) is 9.59 Å². The number of esters is 1. The fourth-order valence-corrected chi connectivity index (χ4v) is 4.52. The maximum absolute atomic E-state index is 12.4. The number of anilines is 1. The Morgan fingerprint density at radius 3 is 2.53 bits per heavy atom. The number of nitrogens with one attached hydrogen (secondary N) is 1. The monoisotopic (exact) mass is 495 g/mol. The number of halogens is 1. The second kappa shape index (κ2) is 11.3. The first-order valence-electron chi connectivity index (χ1n) is 9.80. The molecule has 30 heavy (non-hydrogen) atoms. The van der Waals surface area contributed by atoms with Crippen LogP contribution < -0.4 is 10.1 Å². The van der Waals surface area contributed by atoms with Gasteiger partial charge in [-0.05, 0) is 72.8 Å². The molecule has 1 heterocycles. The second-order valence-corrected chi connectivity index (χ2v) is 8.53. The molecule has 6 nitrogen and oxygen atoms in total. The number of hydrogen-bond acceptors (Lipinski definition) is 6. The molecule has 8 heteroatoms. The molecule has 0 atom stereocenters. The van der Waals surface area contributed by atoms with E-state index in [2.05, 4.69) is 28.2 Å². The minimum absolute atomic E-state index is 0.156. The van der Waals surface area contributed by atoms with Crippen LogP contribution in [0.15, 0.2) is 22.7 Å². The lowest BCUT2D eigenvalue weighted by molar-refractivity contribution is -0.116. The molecule has 0 aliphatic rings. The number of carbonyl (C=O) groups is 3. The van der Waals surface area contributed by atoms with Crippen LogP contribution in [0.25, 0.3) is 0 Å². The van der Waals surface area contributed by atoms with Crippen molar-refractivity contribution in [2.75, 3.05) is 18.5 Å². The molecule has 0 fully saturated rings. The number of ketones is 1. The highest BCUT2D eigenvalue weighted by atomic mass is 79.9. The van der Waals surface area contributed by atoms with Gasteiger partial charge in [0.05, 0.1) is 28.1 Å². The minimum atomic E-state index is -0.544. The summed E-state index contributed by atoms with van der Waals surface area (Å²) >= 11 is 4.59. The van der Waals surface area contributed by atoms with Crippen LogP contribution in [0.5, 0.6) is 5.75 Å². The van der Waals surface area contributed by atoms with Crippen molar-refractivity contribution in [1.82, 2.24) is 0 Å². The van der Waals surface area contributed by atoms with Crippen LogP contribution in [0.1, 0.15) is 64.8 Å². The smallest absolute Gasteiger partial charge is 0.341 e. The fraction of sp³-hybridized carbons (Fsp3) is 0.409. The van der Waals surface area contributed by atoms with Crippen LogP contribution in [0.3, 0.4) is 0 Å². The highest BCUT2D eigenvalue weighted by Gasteiger charge is 2.25. The summed E-state index contributed by atoms with van der Waals surface area (Å²) in [4.78, 5) is 37.0. The van der Waals surface area contributed by atoms with Gasteiger partial charge in [-0.25, -0.2) is 4.79 Å². The Balaban J connectivity index is 1.97. The first kappa shape index (κ1) is 24.1. The van der Waals surface area contributed by atoms with E-state index in [9.17, 15) is 14.4 Å². The van der Waals surface area contributed by atoms with Crippen molar-refractivity contribution in [1.29, 1.82) is 0 Å². The third kappa shape index (κ3) is 6.15. The number of hydrogen-bond donors (Lipinski definition) is 1. The first-order chi connectivity index (χ1) is 14.3. The summed E-state index contributed by atoms with van der Waals surface area (Å²) in [5, 5.41) is 3.10. The molecule has 1 N–H and O–H groups in total. The molecule has 0 spiro atoms. The quantitative estimate of drug-likeness (QED) is 0.265. The van der Waals surface area contributed by atoms with Crippen molar-refractivity contribution in [2.45, 2.75) is 47.0 Å². The molecule has 1 aromatic heterocycles. The van der Waals surface area contributed by atoms with Crippen LogP contribution in [-0.2, 0) is 16.0 Å². The minimum Gasteiger partial charge on any atom is -0.492 e. The molecule has 0 saturated heterocycles. The Morgan fingerprint density at radius 2 is 1.93 bits per heavy atom. The summed E-state index contributed by atoms with van der Waals surface area (Å²) in [6, 6.07) is 5.94. The average molecular weight is 496 g/mol. The summed E-state index contributed by atoms with van der Waals surface area (Å²) in [7, 11) is 0. The molecule has 1 amide bonds. The third-order valence-electron chi connectivity index (χ3n) is 4.41. The van der Waals surface area contributed by atoms with E-state index in [0.29, 0.717) is 28.5 Å². The Hall–Kier alpha value is -2.19. The van der Waals surface area contributed by atoms with E-state index in [-0.39, 0.29) is 30.3 Å². The number of carbonyl (C=O) groups excluding carboxylic acids is 3. The number of rotatable bonds is 10. The standard InChI is InChI=1S/C22H26BrNO5S/c1-5-15-9-10-17(16(23)12-15)29-11-7-8-18(26)24-21-19(22(27)28-6-2)13(3)20(30-21)14(4)25/h9-10,12H,5-8,11H2,1-4H3,(H,24,26). The normalized spacial score (nSPS) is 10.6. The predicted molar refractivity (Wildman–Crippen MR) is 122 cm³/mol. The lowest BCUT2D eigenvalue weighted by atomic mass is 10.1. The van der Waals surface area contributed by atoms with Crippen molar-refractivity contribution in [2.24, 2.45) is 0 Å². The molecule has 0 bridgehead atoms. The third-order valence-corrected chi connectivity index (χ3v) is 6.34. The Bertz CT molecular complexity index is 938. The van der Waals surface area contributed by atoms with Crippen molar-refractivity contribution in [3.63, 3.8) is 0 Å². The second-order valence-electron chi connectivity index (χ2n) is 6.66. The van der Waals surface area contributed by atoms with Gasteiger partial charge in [0.15, 0.2) is 5.78 Å². The van der Waals surface area contributed by atoms with E-state index in [1.54, 1.807) is 13.8 Å². The zero-order valence-electron chi connectivity index (χ0n) is 17.6. The van der Waals surface area contributed by atoms with Crippen LogP contribution in [-0.4, -0.2) is 30.9 Å². The van der Waals surface area contributed by atoms with Gasteiger partial charge in [0, 0.05) is 6.42 Å². The summed E-state index contributed by atoms with van der Waals surface area (Å²) in [5.41, 5.74) is 1.99. The first-order valence-corrected chi connectivity index (χ1v) is 11.4. The number of ether oxygens (including phenoxy) is 2. The molecule has 0 aliphatic carbocycles. The van der Waals surface area contributed by atoms with Gasteiger partial charge >= 0.3 is 5.97 Å². The summed E-state index contributed by atoms with van der Waals surface area (Å²) in [6.07, 6.45) is 1.67. The van der Waals surface area contributed by atoms with E-state index in [1.165, 1.54) is 12.5 Å². The number of benzene rings is 1. The van der Waals surface area contributed by atoms with Crippen LogP contribution in [0.2, 0.25) is 0 Å². The number of thiophene rings is 1. The molecular formula is C22H26BrNO5S. The number of Topliss-reactive ketones (excluding diaryl/α,β-unsaturated/α-hetero) is 1. The average Bonchev–Trinajstić information content (AvgIpc) is 3.02. The van der Waals surface area contributed by atoms with E-state index >= 15 is 0 Å². The van der Waals surface area contributed by atoms with Crippen LogP contribution in [0.4, 0.5) is 5.00 Å². The molecule has 0 unspecified atom stereocenters. The van der Waals surface area contributed by atoms with Gasteiger partial charge in [-0.1, -0.05) is 13.0 Å². The van der Waals surface area contributed by atoms with Crippen LogP contribution >= 0.6 is 27.3 Å². The topological polar surface area (TPSA) is 81.7 Å². The van der Waals surface area contributed by atoms with Gasteiger partial charge in [0.1, 0.15) is 10.8 Å². The summed E-state index contributed by atoms with van der Waals surface area (Å²) in [6.45, 7) is 7.50. The van der Waals surface area contributed by atoms with Crippen LogP contribution in [0, 0.1) is 6.92 Å². The lowest BCUT2D eigenvalue weighted by Gasteiger charge is -2.10. The lowest BCUT2D eigenvalue weighted by Crippen LogP contribution is -2.15. The van der Waals surface area contributed by atoms with E-state index in [1.807, 2.05) is 18.2 Å². The van der Waals surface area contributed by atoms with E-state index in [0.717, 1.165) is 28.0 Å². The Morgan fingerprint density at radius 1 is 1.20 bits per heavy atom. The highest BCUT2D eigenvalue weighted by Crippen LogP contribution is 2.34. The zero-order chi connectivity index (χ0) is 22.3. The predicted octanol–water partition coefficient (Wildman–Crippen LogP) is 5.56. The van der Waals surface area contributed by atoms with Gasteiger partial charge in [-0.15, -0.1) is 11.3 Å².